The predicted octanol–water partition coefficient (Wildman–Crippen LogP) is 5.55. The molecule has 0 heterocycles. The van der Waals surface area contributed by atoms with Gasteiger partial charge in [0.15, 0.2) is 0 Å². The second-order valence-electron chi connectivity index (χ2n) is 6.86. The molecule has 0 unspecified atom stereocenters. The predicted molar refractivity (Wildman–Crippen MR) is 105 cm³/mol. The summed E-state index contributed by atoms with van der Waals surface area (Å²) in [6.45, 7) is 4.65. The Morgan fingerprint density at radius 3 is 2.56 bits per heavy atom. The van der Waals surface area contributed by atoms with Crippen LogP contribution in [0.1, 0.15) is 48.8 Å². The van der Waals surface area contributed by atoms with E-state index >= 15 is 0 Å². The van der Waals surface area contributed by atoms with Gasteiger partial charge in [0.2, 0.25) is 0 Å². The van der Waals surface area contributed by atoms with Crippen molar-refractivity contribution < 1.29 is 4.74 Å². The summed E-state index contributed by atoms with van der Waals surface area (Å²) >= 11 is 0. The zero-order valence-corrected chi connectivity index (χ0v) is 15.3. The van der Waals surface area contributed by atoms with Gasteiger partial charge in [-0.2, -0.15) is 0 Å². The number of allylic oxidation sites excluding steroid dienone is 1. The molecular formula is C23H29NO. The fraction of sp³-hybridized carbons (Fsp3) is 0.391. The van der Waals surface area contributed by atoms with Gasteiger partial charge in [-0.15, -0.1) is 0 Å². The summed E-state index contributed by atoms with van der Waals surface area (Å²) < 4.78 is 6.10. The van der Waals surface area contributed by atoms with E-state index in [0.29, 0.717) is 6.61 Å². The fourth-order valence-electron chi connectivity index (χ4n) is 3.32. The second-order valence-corrected chi connectivity index (χ2v) is 6.86. The molecule has 2 aromatic rings. The zero-order valence-electron chi connectivity index (χ0n) is 15.3. The number of aryl methyl sites for hydroxylation is 1. The van der Waals surface area contributed by atoms with Gasteiger partial charge in [-0.1, -0.05) is 54.1 Å². The van der Waals surface area contributed by atoms with Crippen LogP contribution in [0.5, 0.6) is 5.75 Å². The second kappa shape index (κ2) is 9.43. The molecule has 1 aliphatic carbocycles. The van der Waals surface area contributed by atoms with Crippen LogP contribution >= 0.6 is 0 Å². The maximum atomic E-state index is 6.10. The lowest BCUT2D eigenvalue weighted by Crippen LogP contribution is -2.16. The quantitative estimate of drug-likeness (QED) is 0.504. The minimum atomic E-state index is 0.622. The first kappa shape index (κ1) is 17.8. The van der Waals surface area contributed by atoms with Crippen molar-refractivity contribution in [2.75, 3.05) is 6.54 Å². The van der Waals surface area contributed by atoms with Crippen molar-refractivity contribution in [3.05, 3.63) is 76.9 Å². The van der Waals surface area contributed by atoms with Crippen LogP contribution < -0.4 is 10.1 Å². The molecule has 0 radical (unpaired) electrons. The highest BCUT2D eigenvalue weighted by molar-refractivity contribution is 5.34. The van der Waals surface area contributed by atoms with Crippen molar-refractivity contribution >= 4 is 0 Å². The van der Waals surface area contributed by atoms with Gasteiger partial charge in [0.25, 0.3) is 0 Å². The highest BCUT2D eigenvalue weighted by Gasteiger charge is 2.06. The van der Waals surface area contributed by atoms with Gasteiger partial charge in [-0.05, 0) is 62.8 Å². The normalized spacial score (nSPS) is 14.2. The molecule has 132 valence electrons. The Labute approximate surface area is 151 Å². The number of rotatable bonds is 8. The molecule has 0 amide bonds. The summed E-state index contributed by atoms with van der Waals surface area (Å²) in [5.74, 6) is 0.982. The highest BCUT2D eigenvalue weighted by atomic mass is 16.5. The molecule has 2 aromatic carbocycles. The minimum Gasteiger partial charge on any atom is -0.489 e. The Kier molecular flexibility index (Phi) is 6.70. The largest absolute Gasteiger partial charge is 0.489 e. The number of nitrogens with one attached hydrogen (secondary N) is 1. The van der Waals surface area contributed by atoms with Gasteiger partial charge < -0.3 is 10.1 Å². The Balaban J connectivity index is 1.50. The lowest BCUT2D eigenvalue weighted by atomic mass is 9.97. The molecule has 2 heteroatoms. The lowest BCUT2D eigenvalue weighted by Gasteiger charge is -2.15. The molecule has 25 heavy (non-hydrogen) atoms. The smallest absolute Gasteiger partial charge is 0.124 e. The number of hydrogen-bond acceptors (Lipinski definition) is 2. The molecule has 0 spiro atoms. The molecule has 2 nitrogen and oxygen atoms in total. The van der Waals surface area contributed by atoms with Crippen LogP contribution in [0.3, 0.4) is 0 Å². The topological polar surface area (TPSA) is 21.3 Å². The molecule has 1 aliphatic rings. The van der Waals surface area contributed by atoms with Crippen LogP contribution in [0.2, 0.25) is 0 Å². The van der Waals surface area contributed by atoms with E-state index in [2.05, 4.69) is 60.8 Å². The summed E-state index contributed by atoms with van der Waals surface area (Å²) in [5, 5.41) is 3.58. The Hall–Kier alpha value is -2.06. The van der Waals surface area contributed by atoms with Gasteiger partial charge in [0.1, 0.15) is 12.4 Å². The molecule has 0 saturated heterocycles. The summed E-state index contributed by atoms with van der Waals surface area (Å²) in [4.78, 5) is 0. The van der Waals surface area contributed by atoms with Crippen molar-refractivity contribution in [2.45, 2.75) is 52.2 Å². The highest BCUT2D eigenvalue weighted by Crippen LogP contribution is 2.21. The average Bonchev–Trinajstić information content (AvgIpc) is 2.66. The minimum absolute atomic E-state index is 0.622. The average molecular weight is 335 g/mol. The molecule has 0 bridgehead atoms. The van der Waals surface area contributed by atoms with Gasteiger partial charge in [-0.3, -0.25) is 0 Å². The Morgan fingerprint density at radius 2 is 1.76 bits per heavy atom. The van der Waals surface area contributed by atoms with Crippen molar-refractivity contribution in [2.24, 2.45) is 0 Å². The van der Waals surface area contributed by atoms with Crippen LogP contribution in [0.4, 0.5) is 0 Å². The first-order chi connectivity index (χ1) is 12.3. The van der Waals surface area contributed by atoms with Crippen LogP contribution in [0.15, 0.2) is 60.2 Å². The summed E-state index contributed by atoms with van der Waals surface area (Å²) in [7, 11) is 0. The lowest BCUT2D eigenvalue weighted by molar-refractivity contribution is 0.301. The van der Waals surface area contributed by atoms with Crippen LogP contribution in [-0.2, 0) is 13.2 Å². The maximum absolute atomic E-state index is 6.10. The number of para-hydroxylation sites is 1. The van der Waals surface area contributed by atoms with E-state index in [1.54, 1.807) is 5.57 Å². The molecule has 0 fully saturated rings. The van der Waals surface area contributed by atoms with Gasteiger partial charge in [0.05, 0.1) is 0 Å². The molecule has 0 atom stereocenters. The first-order valence-corrected chi connectivity index (χ1v) is 9.47. The van der Waals surface area contributed by atoms with Crippen molar-refractivity contribution in [1.29, 1.82) is 0 Å². The SMILES string of the molecule is Cc1ccccc1COc1ccccc1CNCCC1=CCCCC1. The van der Waals surface area contributed by atoms with E-state index in [-0.39, 0.29) is 0 Å². The van der Waals surface area contributed by atoms with E-state index in [4.69, 9.17) is 4.74 Å². The Bertz CT molecular complexity index is 705. The van der Waals surface area contributed by atoms with Crippen molar-refractivity contribution in [1.82, 2.24) is 5.32 Å². The molecule has 0 aliphatic heterocycles. The van der Waals surface area contributed by atoms with E-state index < -0.39 is 0 Å². The fourth-order valence-corrected chi connectivity index (χ4v) is 3.32. The van der Waals surface area contributed by atoms with Crippen LogP contribution in [0.25, 0.3) is 0 Å². The molecule has 3 rings (SSSR count). The van der Waals surface area contributed by atoms with E-state index in [0.717, 1.165) is 18.8 Å². The van der Waals surface area contributed by atoms with Crippen LogP contribution in [0, 0.1) is 6.92 Å². The monoisotopic (exact) mass is 335 g/mol. The summed E-state index contributed by atoms with van der Waals surface area (Å²) in [6, 6.07) is 16.8. The molecule has 0 saturated carbocycles. The molecular weight excluding hydrogens is 306 g/mol. The van der Waals surface area contributed by atoms with Crippen molar-refractivity contribution in [3.63, 3.8) is 0 Å². The number of ether oxygens (including phenoxy) is 1. The van der Waals surface area contributed by atoms with Gasteiger partial charge in [-0.25, -0.2) is 0 Å². The third-order valence-electron chi connectivity index (χ3n) is 4.94. The summed E-state index contributed by atoms with van der Waals surface area (Å²) in [6.07, 6.45) is 8.89. The third kappa shape index (κ3) is 5.47. The van der Waals surface area contributed by atoms with E-state index in [9.17, 15) is 0 Å². The summed E-state index contributed by atoms with van der Waals surface area (Å²) in [5.41, 5.74) is 5.38. The first-order valence-electron chi connectivity index (χ1n) is 9.47. The Morgan fingerprint density at radius 1 is 0.960 bits per heavy atom. The molecule has 0 aromatic heterocycles. The maximum Gasteiger partial charge on any atom is 0.124 e. The van der Waals surface area contributed by atoms with E-state index in [1.807, 2.05) is 6.07 Å². The van der Waals surface area contributed by atoms with Crippen LogP contribution in [-0.4, -0.2) is 6.54 Å². The number of hydrogen-bond donors (Lipinski definition) is 1. The van der Waals surface area contributed by atoms with Gasteiger partial charge in [0, 0.05) is 12.1 Å². The van der Waals surface area contributed by atoms with Gasteiger partial charge >= 0.3 is 0 Å². The van der Waals surface area contributed by atoms with E-state index in [1.165, 1.54) is 48.8 Å². The standard InChI is InChI=1S/C23H29NO/c1-19-9-5-6-13-22(19)18-25-23-14-8-7-12-21(23)17-24-16-15-20-10-3-2-4-11-20/h5-10,12-14,24H,2-4,11,15-18H2,1H3. The molecule has 1 N–H and O–H groups in total. The number of benzene rings is 2. The zero-order chi connectivity index (χ0) is 17.3. The third-order valence-corrected chi connectivity index (χ3v) is 4.94. The van der Waals surface area contributed by atoms with Crippen molar-refractivity contribution in [3.8, 4) is 5.75 Å².